The van der Waals surface area contributed by atoms with Gasteiger partial charge in [0.15, 0.2) is 11.6 Å². The zero-order valence-electron chi connectivity index (χ0n) is 10.1. The first-order valence-electron chi connectivity index (χ1n) is 5.66. The zero-order valence-corrected chi connectivity index (χ0v) is 10.1. The summed E-state index contributed by atoms with van der Waals surface area (Å²) in [5.41, 5.74) is 1.84. The molecule has 0 atom stereocenters. The van der Waals surface area contributed by atoms with Crippen LogP contribution in [-0.2, 0) is 13.1 Å². The molecule has 1 heterocycles. The molecule has 2 nitrogen and oxygen atoms in total. The normalized spacial score (nSPS) is 10.9. The minimum Gasteiger partial charge on any atom is -0.298 e. The Bertz CT molecular complexity index is 514. The molecular formula is C14H14F2N2. The Balaban J connectivity index is 1.99. The van der Waals surface area contributed by atoms with E-state index in [4.69, 9.17) is 0 Å². The first-order chi connectivity index (χ1) is 8.65. The molecule has 0 aliphatic heterocycles. The van der Waals surface area contributed by atoms with Crippen LogP contribution in [0.5, 0.6) is 0 Å². The van der Waals surface area contributed by atoms with E-state index in [0.29, 0.717) is 13.1 Å². The van der Waals surface area contributed by atoms with Crippen molar-refractivity contribution in [3.8, 4) is 0 Å². The number of pyridine rings is 1. The Hall–Kier alpha value is -1.81. The van der Waals surface area contributed by atoms with Gasteiger partial charge in [-0.3, -0.25) is 9.88 Å². The summed E-state index contributed by atoms with van der Waals surface area (Å²) in [6.07, 6.45) is 3.51. The Morgan fingerprint density at radius 2 is 1.83 bits per heavy atom. The summed E-state index contributed by atoms with van der Waals surface area (Å²) >= 11 is 0. The minimum absolute atomic E-state index is 0.562. The molecule has 0 amide bonds. The van der Waals surface area contributed by atoms with Crippen LogP contribution in [0.1, 0.15) is 11.1 Å². The van der Waals surface area contributed by atoms with E-state index >= 15 is 0 Å². The largest absolute Gasteiger partial charge is 0.298 e. The number of benzene rings is 1. The Morgan fingerprint density at radius 1 is 1.06 bits per heavy atom. The number of halogens is 2. The lowest BCUT2D eigenvalue weighted by Crippen LogP contribution is -2.17. The fourth-order valence-electron chi connectivity index (χ4n) is 1.81. The van der Waals surface area contributed by atoms with Crippen molar-refractivity contribution in [2.75, 3.05) is 7.05 Å². The van der Waals surface area contributed by atoms with E-state index in [-0.39, 0.29) is 0 Å². The van der Waals surface area contributed by atoms with E-state index in [0.717, 1.165) is 17.2 Å². The lowest BCUT2D eigenvalue weighted by Gasteiger charge is -2.16. The molecule has 0 bridgehead atoms. The number of aromatic nitrogens is 1. The highest BCUT2D eigenvalue weighted by atomic mass is 19.2. The lowest BCUT2D eigenvalue weighted by molar-refractivity contribution is 0.317. The van der Waals surface area contributed by atoms with E-state index < -0.39 is 11.6 Å². The molecule has 0 radical (unpaired) electrons. The average Bonchev–Trinajstić information content (AvgIpc) is 2.35. The molecule has 0 fully saturated rings. The second-order valence-electron chi connectivity index (χ2n) is 4.28. The van der Waals surface area contributed by atoms with Gasteiger partial charge in [0.2, 0.25) is 0 Å². The molecule has 0 N–H and O–H groups in total. The molecule has 0 spiro atoms. The van der Waals surface area contributed by atoms with Crippen molar-refractivity contribution in [2.45, 2.75) is 13.1 Å². The topological polar surface area (TPSA) is 16.1 Å². The summed E-state index contributed by atoms with van der Waals surface area (Å²) in [4.78, 5) is 6.05. The van der Waals surface area contributed by atoms with Crippen LogP contribution in [0.3, 0.4) is 0 Å². The Kier molecular flexibility index (Phi) is 3.99. The van der Waals surface area contributed by atoms with Crippen LogP contribution in [0, 0.1) is 11.6 Å². The third kappa shape index (κ3) is 3.34. The van der Waals surface area contributed by atoms with Crippen LogP contribution in [0.4, 0.5) is 8.78 Å². The van der Waals surface area contributed by atoms with Crippen LogP contribution in [0.15, 0.2) is 42.7 Å². The summed E-state index contributed by atoms with van der Waals surface area (Å²) in [6, 6.07) is 7.84. The molecule has 1 aromatic heterocycles. The van der Waals surface area contributed by atoms with Crippen molar-refractivity contribution in [3.05, 3.63) is 65.5 Å². The molecule has 4 heteroatoms. The maximum absolute atomic E-state index is 13.1. The van der Waals surface area contributed by atoms with Crippen LogP contribution in [-0.4, -0.2) is 16.9 Å². The van der Waals surface area contributed by atoms with Gasteiger partial charge in [-0.05, 0) is 36.4 Å². The van der Waals surface area contributed by atoms with Gasteiger partial charge in [0.05, 0.1) is 0 Å². The third-order valence-electron chi connectivity index (χ3n) is 2.61. The summed E-state index contributed by atoms with van der Waals surface area (Å²) in [5.74, 6) is -1.61. The summed E-state index contributed by atoms with van der Waals surface area (Å²) in [6.45, 7) is 1.28. The van der Waals surface area contributed by atoms with Crippen molar-refractivity contribution in [1.82, 2.24) is 9.88 Å². The van der Waals surface area contributed by atoms with E-state index in [2.05, 4.69) is 4.98 Å². The molecule has 94 valence electrons. The van der Waals surface area contributed by atoms with Gasteiger partial charge in [-0.2, -0.15) is 0 Å². The molecule has 0 aliphatic carbocycles. The summed E-state index contributed by atoms with van der Waals surface area (Å²) < 4.78 is 25.8. The van der Waals surface area contributed by atoms with Crippen LogP contribution >= 0.6 is 0 Å². The average molecular weight is 248 g/mol. The quantitative estimate of drug-likeness (QED) is 0.827. The van der Waals surface area contributed by atoms with Gasteiger partial charge in [0, 0.05) is 25.5 Å². The fourth-order valence-corrected chi connectivity index (χ4v) is 1.81. The van der Waals surface area contributed by atoms with E-state index in [1.54, 1.807) is 18.5 Å². The predicted molar refractivity (Wildman–Crippen MR) is 65.8 cm³/mol. The molecular weight excluding hydrogens is 234 g/mol. The summed E-state index contributed by atoms with van der Waals surface area (Å²) in [7, 11) is 1.92. The maximum atomic E-state index is 13.1. The highest BCUT2D eigenvalue weighted by Crippen LogP contribution is 2.11. The fraction of sp³-hybridized carbons (Fsp3) is 0.214. The highest BCUT2D eigenvalue weighted by Gasteiger charge is 2.05. The SMILES string of the molecule is CN(Cc1cccnc1)Cc1ccc(F)c(F)c1. The number of hydrogen-bond acceptors (Lipinski definition) is 2. The number of nitrogens with zero attached hydrogens (tertiary/aromatic N) is 2. The van der Waals surface area contributed by atoms with Gasteiger partial charge >= 0.3 is 0 Å². The van der Waals surface area contributed by atoms with Gasteiger partial charge in [-0.25, -0.2) is 8.78 Å². The molecule has 0 unspecified atom stereocenters. The van der Waals surface area contributed by atoms with Crippen molar-refractivity contribution in [2.24, 2.45) is 0 Å². The second kappa shape index (κ2) is 5.69. The highest BCUT2D eigenvalue weighted by molar-refractivity contribution is 5.18. The second-order valence-corrected chi connectivity index (χ2v) is 4.28. The zero-order chi connectivity index (χ0) is 13.0. The Labute approximate surface area is 105 Å². The first kappa shape index (κ1) is 12.6. The molecule has 0 saturated carbocycles. The molecule has 2 aromatic rings. The van der Waals surface area contributed by atoms with Gasteiger partial charge in [-0.1, -0.05) is 12.1 Å². The Morgan fingerprint density at radius 3 is 2.50 bits per heavy atom. The van der Waals surface area contributed by atoms with Crippen molar-refractivity contribution in [1.29, 1.82) is 0 Å². The molecule has 2 rings (SSSR count). The van der Waals surface area contributed by atoms with E-state index in [9.17, 15) is 8.78 Å². The van der Waals surface area contributed by atoms with E-state index in [1.807, 2.05) is 24.1 Å². The van der Waals surface area contributed by atoms with Crippen LogP contribution in [0.2, 0.25) is 0 Å². The molecule has 0 aliphatic rings. The minimum atomic E-state index is -0.811. The van der Waals surface area contributed by atoms with E-state index in [1.165, 1.54) is 6.07 Å². The van der Waals surface area contributed by atoms with Crippen LogP contribution < -0.4 is 0 Å². The van der Waals surface area contributed by atoms with Crippen molar-refractivity contribution >= 4 is 0 Å². The third-order valence-corrected chi connectivity index (χ3v) is 2.61. The molecule has 0 saturated heterocycles. The lowest BCUT2D eigenvalue weighted by atomic mass is 10.2. The number of rotatable bonds is 4. The van der Waals surface area contributed by atoms with Gasteiger partial charge in [0.25, 0.3) is 0 Å². The monoisotopic (exact) mass is 248 g/mol. The molecule has 1 aromatic carbocycles. The van der Waals surface area contributed by atoms with Gasteiger partial charge in [-0.15, -0.1) is 0 Å². The molecule has 18 heavy (non-hydrogen) atoms. The standard InChI is InChI=1S/C14H14F2N2/c1-18(10-12-3-2-6-17-8-12)9-11-4-5-13(15)14(16)7-11/h2-8H,9-10H2,1H3. The van der Waals surface area contributed by atoms with Crippen molar-refractivity contribution in [3.63, 3.8) is 0 Å². The maximum Gasteiger partial charge on any atom is 0.159 e. The predicted octanol–water partition coefficient (Wildman–Crippen LogP) is 2.99. The number of hydrogen-bond donors (Lipinski definition) is 0. The smallest absolute Gasteiger partial charge is 0.159 e. The van der Waals surface area contributed by atoms with Gasteiger partial charge < -0.3 is 0 Å². The van der Waals surface area contributed by atoms with Crippen LogP contribution in [0.25, 0.3) is 0 Å². The van der Waals surface area contributed by atoms with Gasteiger partial charge in [0.1, 0.15) is 0 Å². The van der Waals surface area contributed by atoms with Crippen molar-refractivity contribution < 1.29 is 8.78 Å². The first-order valence-corrected chi connectivity index (χ1v) is 5.66. The summed E-state index contributed by atoms with van der Waals surface area (Å²) in [5, 5.41) is 0.